The number of aromatic carboxylic acids is 1. The zero-order valence-corrected chi connectivity index (χ0v) is 20.1. The van der Waals surface area contributed by atoms with Gasteiger partial charge >= 0.3 is 5.97 Å². The van der Waals surface area contributed by atoms with Crippen LogP contribution in [0.2, 0.25) is 0 Å². The number of fused-ring (bicyclic) bond motifs is 1. The lowest BCUT2D eigenvalue weighted by Crippen LogP contribution is -2.38. The number of thiophene rings is 1. The van der Waals surface area contributed by atoms with Crippen LogP contribution < -0.4 is 11.1 Å². The van der Waals surface area contributed by atoms with Crippen molar-refractivity contribution in [2.75, 3.05) is 18.4 Å². The number of likely N-dealkylation sites (tertiary alicyclic amines) is 1. The molecule has 0 aliphatic carbocycles. The van der Waals surface area contributed by atoms with Crippen molar-refractivity contribution in [3.8, 4) is 0 Å². The number of aromatic nitrogens is 1. The van der Waals surface area contributed by atoms with Crippen LogP contribution in [0.25, 0.3) is 10.2 Å². The third-order valence-electron chi connectivity index (χ3n) is 5.92. The van der Waals surface area contributed by atoms with Crippen LogP contribution in [0.1, 0.15) is 33.6 Å². The van der Waals surface area contributed by atoms with E-state index in [2.05, 4.69) is 15.2 Å². The molecule has 1 fully saturated rings. The van der Waals surface area contributed by atoms with E-state index in [4.69, 9.17) is 15.8 Å². The average molecular weight is 492 g/mol. The Morgan fingerprint density at radius 2 is 1.97 bits per heavy atom. The topological polar surface area (TPSA) is 104 Å². The van der Waals surface area contributed by atoms with E-state index in [0.29, 0.717) is 17.4 Å². The highest BCUT2D eigenvalue weighted by atomic mass is 32.1. The first kappa shape index (κ1) is 22.5. The van der Waals surface area contributed by atoms with E-state index in [1.807, 2.05) is 47.8 Å². The lowest BCUT2D eigenvalue weighted by Gasteiger charge is -2.32. The first-order chi connectivity index (χ1) is 16.5. The molecule has 5 rings (SSSR count). The van der Waals surface area contributed by atoms with Crippen molar-refractivity contribution in [3.63, 3.8) is 0 Å². The Balaban J connectivity index is 1.17. The predicted molar refractivity (Wildman–Crippen MR) is 140 cm³/mol. The fraction of sp³-hybridized carbons (Fsp3) is 0.240. The van der Waals surface area contributed by atoms with Crippen LogP contribution in [0.15, 0.2) is 65.0 Å². The van der Waals surface area contributed by atoms with Gasteiger partial charge in [0, 0.05) is 25.7 Å². The SMILES string of the molecule is NC(=Nc1ccc2nc(NC3CCN(Cc4ccc(C(=O)O)cc4)CC3)sc2c1)c1cccs1. The monoisotopic (exact) mass is 491 g/mol. The Hall–Kier alpha value is -3.27. The summed E-state index contributed by atoms with van der Waals surface area (Å²) in [6, 6.07) is 17.5. The van der Waals surface area contributed by atoms with Crippen LogP contribution in [-0.2, 0) is 6.54 Å². The van der Waals surface area contributed by atoms with Crippen molar-refractivity contribution in [3.05, 3.63) is 76.0 Å². The minimum absolute atomic E-state index is 0.326. The number of hydrogen-bond acceptors (Lipinski definition) is 7. The summed E-state index contributed by atoms with van der Waals surface area (Å²) in [5.41, 5.74) is 9.39. The summed E-state index contributed by atoms with van der Waals surface area (Å²) in [7, 11) is 0. The fourth-order valence-corrected chi connectivity index (χ4v) is 5.69. The van der Waals surface area contributed by atoms with Gasteiger partial charge in [0.15, 0.2) is 5.13 Å². The molecule has 3 heterocycles. The smallest absolute Gasteiger partial charge is 0.335 e. The number of carbonyl (C=O) groups is 1. The first-order valence-electron chi connectivity index (χ1n) is 11.1. The highest BCUT2D eigenvalue weighted by Gasteiger charge is 2.20. The number of amidine groups is 1. The Bertz CT molecular complexity index is 1310. The van der Waals surface area contributed by atoms with Crippen LogP contribution in [0, 0.1) is 0 Å². The normalized spacial score (nSPS) is 15.6. The zero-order chi connectivity index (χ0) is 23.5. The van der Waals surface area contributed by atoms with Gasteiger partial charge in [0.2, 0.25) is 0 Å². The minimum atomic E-state index is -0.889. The van der Waals surface area contributed by atoms with Crippen molar-refractivity contribution in [2.45, 2.75) is 25.4 Å². The van der Waals surface area contributed by atoms with Crippen molar-refractivity contribution < 1.29 is 9.90 Å². The molecular weight excluding hydrogens is 466 g/mol. The number of anilines is 1. The molecule has 0 unspecified atom stereocenters. The third kappa shape index (κ3) is 5.27. The molecule has 2 aromatic heterocycles. The minimum Gasteiger partial charge on any atom is -0.478 e. The van der Waals surface area contributed by atoms with Gasteiger partial charge in [0.1, 0.15) is 5.84 Å². The number of aliphatic imine (C=N–C) groups is 1. The molecule has 0 atom stereocenters. The Kier molecular flexibility index (Phi) is 6.57. The molecule has 34 heavy (non-hydrogen) atoms. The molecule has 0 amide bonds. The Morgan fingerprint density at radius 3 is 2.68 bits per heavy atom. The molecule has 0 spiro atoms. The fourth-order valence-electron chi connectivity index (χ4n) is 4.08. The predicted octanol–water partition coefficient (Wildman–Crippen LogP) is 5.17. The lowest BCUT2D eigenvalue weighted by atomic mass is 10.0. The zero-order valence-electron chi connectivity index (χ0n) is 18.5. The average Bonchev–Trinajstić information content (AvgIpc) is 3.50. The lowest BCUT2D eigenvalue weighted by molar-refractivity contribution is 0.0697. The van der Waals surface area contributed by atoms with Crippen molar-refractivity contribution in [2.24, 2.45) is 10.7 Å². The Labute approximate surface area is 205 Å². The van der Waals surface area contributed by atoms with Crippen LogP contribution in [-0.4, -0.2) is 45.9 Å². The second kappa shape index (κ2) is 9.92. The molecule has 0 saturated carbocycles. The van der Waals surface area contributed by atoms with Gasteiger partial charge in [-0.15, -0.1) is 11.3 Å². The van der Waals surface area contributed by atoms with E-state index in [-0.39, 0.29) is 0 Å². The van der Waals surface area contributed by atoms with Crippen LogP contribution >= 0.6 is 22.7 Å². The van der Waals surface area contributed by atoms with Crippen LogP contribution in [0.3, 0.4) is 0 Å². The van der Waals surface area contributed by atoms with Gasteiger partial charge in [-0.25, -0.2) is 14.8 Å². The number of piperidine rings is 1. The maximum atomic E-state index is 11.0. The van der Waals surface area contributed by atoms with Gasteiger partial charge < -0.3 is 16.2 Å². The number of carboxylic acid groups (broad SMARTS) is 1. The van der Waals surface area contributed by atoms with Gasteiger partial charge in [-0.05, 0) is 60.2 Å². The molecule has 0 bridgehead atoms. The van der Waals surface area contributed by atoms with E-state index in [0.717, 1.165) is 64.0 Å². The molecule has 0 radical (unpaired) electrons. The second-order valence-corrected chi connectivity index (χ2v) is 10.3. The maximum absolute atomic E-state index is 11.0. The summed E-state index contributed by atoms with van der Waals surface area (Å²) in [5, 5.41) is 15.6. The maximum Gasteiger partial charge on any atom is 0.335 e. The van der Waals surface area contributed by atoms with Gasteiger partial charge in [-0.1, -0.05) is 29.5 Å². The first-order valence-corrected chi connectivity index (χ1v) is 12.8. The number of hydrogen-bond donors (Lipinski definition) is 3. The van der Waals surface area contributed by atoms with Gasteiger partial charge in [-0.3, -0.25) is 4.90 Å². The quantitative estimate of drug-likeness (QED) is 0.243. The molecule has 1 saturated heterocycles. The number of rotatable bonds is 7. The number of nitrogens with two attached hydrogens (primary N) is 1. The molecule has 4 N–H and O–H groups in total. The van der Waals surface area contributed by atoms with Gasteiger partial charge in [0.25, 0.3) is 0 Å². The molecule has 1 aliphatic rings. The molecule has 7 nitrogen and oxygen atoms in total. The standard InChI is InChI=1S/C25H25N5O2S2/c26-23(21-2-1-13-33-21)27-19-7-8-20-22(14-19)34-25(29-20)28-18-9-11-30(12-10-18)15-16-3-5-17(6-4-16)24(31)32/h1-8,13-14,18H,9-12,15H2,(H2,26,27)(H,28,29)(H,31,32). The number of thiazole rings is 1. The number of nitrogens with zero attached hydrogens (tertiary/aromatic N) is 3. The molecule has 4 aromatic rings. The van der Waals surface area contributed by atoms with Crippen molar-refractivity contribution in [1.29, 1.82) is 0 Å². The third-order valence-corrected chi connectivity index (χ3v) is 7.76. The summed E-state index contributed by atoms with van der Waals surface area (Å²) in [5.74, 6) is -0.360. The summed E-state index contributed by atoms with van der Waals surface area (Å²) >= 11 is 3.22. The van der Waals surface area contributed by atoms with Gasteiger partial charge in [-0.2, -0.15) is 0 Å². The number of carboxylic acids is 1. The highest BCUT2D eigenvalue weighted by Crippen LogP contribution is 2.31. The van der Waals surface area contributed by atoms with Gasteiger partial charge in [0.05, 0.1) is 26.3 Å². The molecule has 2 aromatic carbocycles. The van der Waals surface area contributed by atoms with E-state index >= 15 is 0 Å². The van der Waals surface area contributed by atoms with E-state index in [1.165, 1.54) is 0 Å². The van der Waals surface area contributed by atoms with E-state index in [1.54, 1.807) is 34.8 Å². The summed E-state index contributed by atoms with van der Waals surface area (Å²) < 4.78 is 1.09. The largest absolute Gasteiger partial charge is 0.478 e. The summed E-state index contributed by atoms with van der Waals surface area (Å²) in [4.78, 5) is 23.7. The number of benzene rings is 2. The van der Waals surface area contributed by atoms with E-state index < -0.39 is 5.97 Å². The van der Waals surface area contributed by atoms with Crippen molar-refractivity contribution in [1.82, 2.24) is 9.88 Å². The molecule has 9 heteroatoms. The second-order valence-electron chi connectivity index (χ2n) is 8.34. The number of nitrogens with one attached hydrogen (secondary N) is 1. The van der Waals surface area contributed by atoms with Crippen LogP contribution in [0.5, 0.6) is 0 Å². The summed E-state index contributed by atoms with van der Waals surface area (Å²) in [6.07, 6.45) is 2.08. The molecular formula is C25H25N5O2S2. The van der Waals surface area contributed by atoms with Crippen molar-refractivity contribution >= 4 is 55.5 Å². The Morgan fingerprint density at radius 1 is 1.18 bits per heavy atom. The van der Waals surface area contributed by atoms with E-state index in [9.17, 15) is 4.79 Å². The molecule has 1 aliphatic heterocycles. The van der Waals surface area contributed by atoms with Crippen LogP contribution in [0.4, 0.5) is 10.8 Å². The molecule has 174 valence electrons. The summed E-state index contributed by atoms with van der Waals surface area (Å²) in [6.45, 7) is 2.82. The highest BCUT2D eigenvalue weighted by molar-refractivity contribution is 7.22.